The first-order chi connectivity index (χ1) is 9.67. The Labute approximate surface area is 113 Å². The maximum absolute atomic E-state index is 11.3. The van der Waals surface area contributed by atoms with Crippen LogP contribution in [0.5, 0.6) is 0 Å². The number of hydroxylamine groups is 1. The van der Waals surface area contributed by atoms with Gasteiger partial charge in [0, 0.05) is 16.8 Å². The summed E-state index contributed by atoms with van der Waals surface area (Å²) in [5, 5.41) is 8.61. The molecule has 0 unspecified atom stereocenters. The van der Waals surface area contributed by atoms with Crippen LogP contribution in [0.25, 0.3) is 22.6 Å². The summed E-state index contributed by atoms with van der Waals surface area (Å²) in [5.74, 6) is -0.148. The summed E-state index contributed by atoms with van der Waals surface area (Å²) < 4.78 is 5.62. The van der Waals surface area contributed by atoms with Crippen molar-refractivity contribution >= 4 is 22.7 Å². The van der Waals surface area contributed by atoms with E-state index in [0.29, 0.717) is 28.2 Å². The van der Waals surface area contributed by atoms with Crippen LogP contribution in [0, 0.1) is 0 Å². The molecule has 20 heavy (non-hydrogen) atoms. The van der Waals surface area contributed by atoms with Gasteiger partial charge in [-0.1, -0.05) is 0 Å². The average molecular weight is 269 g/mol. The van der Waals surface area contributed by atoms with Crippen molar-refractivity contribution in [1.82, 2.24) is 10.5 Å². The van der Waals surface area contributed by atoms with Gasteiger partial charge in [0.2, 0.25) is 5.89 Å². The fraction of sp³-hybridized carbons (Fsp3) is 0. The molecule has 3 aromatic rings. The van der Waals surface area contributed by atoms with Gasteiger partial charge in [0.1, 0.15) is 5.52 Å². The fourth-order valence-electron chi connectivity index (χ4n) is 1.88. The van der Waals surface area contributed by atoms with Crippen molar-refractivity contribution in [3.8, 4) is 11.5 Å². The maximum atomic E-state index is 11.3. The van der Waals surface area contributed by atoms with Crippen LogP contribution in [-0.4, -0.2) is 16.1 Å². The predicted octanol–water partition coefficient (Wildman–Crippen LogP) is 2.20. The third-order valence-electron chi connectivity index (χ3n) is 2.91. The minimum absolute atomic E-state index is 0.303. The normalized spacial score (nSPS) is 10.7. The van der Waals surface area contributed by atoms with Gasteiger partial charge in [0.05, 0.1) is 0 Å². The standard InChI is InChI=1S/C14H11N3O3/c15-10-4-1-8(2-5-10)14-16-11-7-9(13(18)17-19)3-6-12(11)20-14/h1-7,19H,15H2,(H,17,18). The van der Waals surface area contributed by atoms with Crippen LogP contribution >= 0.6 is 0 Å². The molecule has 0 saturated heterocycles. The van der Waals surface area contributed by atoms with Gasteiger partial charge in [-0.25, -0.2) is 10.5 Å². The number of hydrogen-bond acceptors (Lipinski definition) is 5. The molecule has 0 bridgehead atoms. The summed E-state index contributed by atoms with van der Waals surface area (Å²) in [7, 11) is 0. The number of anilines is 1. The smallest absolute Gasteiger partial charge is 0.274 e. The molecule has 0 saturated carbocycles. The number of carbonyl (C=O) groups is 1. The molecule has 0 fully saturated rings. The fourth-order valence-corrected chi connectivity index (χ4v) is 1.88. The highest BCUT2D eigenvalue weighted by molar-refractivity contribution is 5.96. The van der Waals surface area contributed by atoms with Crippen LogP contribution in [0.2, 0.25) is 0 Å². The summed E-state index contributed by atoms with van der Waals surface area (Å²) >= 11 is 0. The number of benzene rings is 2. The minimum Gasteiger partial charge on any atom is -0.436 e. The number of nitrogens with one attached hydrogen (secondary N) is 1. The van der Waals surface area contributed by atoms with Gasteiger partial charge < -0.3 is 10.2 Å². The highest BCUT2D eigenvalue weighted by Crippen LogP contribution is 2.25. The zero-order valence-electron chi connectivity index (χ0n) is 10.3. The van der Waals surface area contributed by atoms with E-state index in [1.165, 1.54) is 0 Å². The summed E-state index contributed by atoms with van der Waals surface area (Å²) in [4.78, 5) is 15.7. The lowest BCUT2D eigenvalue weighted by atomic mass is 10.2. The SMILES string of the molecule is Nc1ccc(-c2nc3cc(C(=O)NO)ccc3o2)cc1. The quantitative estimate of drug-likeness (QED) is 0.376. The van der Waals surface area contributed by atoms with Gasteiger partial charge in [-0.15, -0.1) is 0 Å². The number of nitrogen functional groups attached to an aromatic ring is 1. The van der Waals surface area contributed by atoms with E-state index in [2.05, 4.69) is 4.98 Å². The Morgan fingerprint density at radius 1 is 1.20 bits per heavy atom. The molecular formula is C14H11N3O3. The molecule has 0 aliphatic heterocycles. The number of aromatic nitrogens is 1. The highest BCUT2D eigenvalue weighted by Gasteiger charge is 2.11. The Balaban J connectivity index is 2.06. The van der Waals surface area contributed by atoms with E-state index in [4.69, 9.17) is 15.4 Å². The first-order valence-corrected chi connectivity index (χ1v) is 5.88. The average Bonchev–Trinajstić information content (AvgIpc) is 2.90. The highest BCUT2D eigenvalue weighted by atomic mass is 16.5. The van der Waals surface area contributed by atoms with Crippen LogP contribution < -0.4 is 11.2 Å². The van der Waals surface area contributed by atoms with Crippen LogP contribution in [0.4, 0.5) is 5.69 Å². The first-order valence-electron chi connectivity index (χ1n) is 5.88. The zero-order valence-corrected chi connectivity index (χ0v) is 10.3. The molecule has 1 aromatic heterocycles. The summed E-state index contributed by atoms with van der Waals surface area (Å²) in [6, 6.07) is 11.9. The summed E-state index contributed by atoms with van der Waals surface area (Å²) in [5.41, 5.74) is 10.1. The van der Waals surface area contributed by atoms with Gasteiger partial charge in [-0.3, -0.25) is 10.0 Å². The van der Waals surface area contributed by atoms with E-state index in [-0.39, 0.29) is 0 Å². The number of amides is 1. The zero-order chi connectivity index (χ0) is 14.1. The first kappa shape index (κ1) is 12.2. The molecule has 0 atom stereocenters. The molecule has 2 aromatic carbocycles. The number of carbonyl (C=O) groups excluding carboxylic acids is 1. The molecule has 0 aliphatic rings. The number of oxazole rings is 1. The second-order valence-corrected chi connectivity index (χ2v) is 4.26. The second-order valence-electron chi connectivity index (χ2n) is 4.26. The predicted molar refractivity (Wildman–Crippen MR) is 73.1 cm³/mol. The molecule has 100 valence electrons. The molecule has 1 amide bonds. The van der Waals surface area contributed by atoms with E-state index in [0.717, 1.165) is 5.56 Å². The third kappa shape index (κ3) is 2.08. The van der Waals surface area contributed by atoms with E-state index < -0.39 is 5.91 Å². The summed E-state index contributed by atoms with van der Waals surface area (Å²) in [6.45, 7) is 0. The Bertz CT molecular complexity index is 778. The van der Waals surface area contributed by atoms with E-state index in [1.807, 2.05) is 0 Å². The Hall–Kier alpha value is -2.86. The lowest BCUT2D eigenvalue weighted by Crippen LogP contribution is -2.18. The van der Waals surface area contributed by atoms with Crippen LogP contribution in [0.3, 0.4) is 0 Å². The van der Waals surface area contributed by atoms with Crippen LogP contribution in [0.1, 0.15) is 10.4 Å². The number of hydrogen-bond donors (Lipinski definition) is 3. The Morgan fingerprint density at radius 2 is 1.95 bits per heavy atom. The molecule has 3 rings (SSSR count). The largest absolute Gasteiger partial charge is 0.436 e. The summed E-state index contributed by atoms with van der Waals surface area (Å²) in [6.07, 6.45) is 0. The van der Waals surface area contributed by atoms with E-state index >= 15 is 0 Å². The third-order valence-corrected chi connectivity index (χ3v) is 2.91. The van der Waals surface area contributed by atoms with Gasteiger partial charge in [-0.2, -0.15) is 0 Å². The van der Waals surface area contributed by atoms with Crippen molar-refractivity contribution in [2.24, 2.45) is 0 Å². The topological polar surface area (TPSA) is 101 Å². The number of nitrogens with two attached hydrogens (primary N) is 1. The van der Waals surface area contributed by atoms with Crippen LogP contribution in [-0.2, 0) is 0 Å². The number of rotatable bonds is 2. The van der Waals surface area contributed by atoms with E-state index in [9.17, 15) is 4.79 Å². The van der Waals surface area contributed by atoms with Gasteiger partial charge in [0.25, 0.3) is 5.91 Å². The molecule has 6 heteroatoms. The van der Waals surface area contributed by atoms with Gasteiger partial charge in [-0.05, 0) is 42.5 Å². The Morgan fingerprint density at radius 3 is 2.65 bits per heavy atom. The van der Waals surface area contributed by atoms with Crippen molar-refractivity contribution < 1.29 is 14.4 Å². The van der Waals surface area contributed by atoms with Gasteiger partial charge in [0.15, 0.2) is 5.58 Å². The van der Waals surface area contributed by atoms with Crippen molar-refractivity contribution in [2.45, 2.75) is 0 Å². The minimum atomic E-state index is -0.594. The van der Waals surface area contributed by atoms with E-state index in [1.54, 1.807) is 47.9 Å². The van der Waals surface area contributed by atoms with Crippen LogP contribution in [0.15, 0.2) is 46.9 Å². The second kappa shape index (κ2) is 4.67. The lowest BCUT2D eigenvalue weighted by Gasteiger charge is -1.96. The molecule has 0 spiro atoms. The molecule has 0 aliphatic carbocycles. The van der Waals surface area contributed by atoms with Gasteiger partial charge >= 0.3 is 0 Å². The number of fused-ring (bicyclic) bond motifs is 1. The molecule has 4 N–H and O–H groups in total. The molecule has 0 radical (unpaired) electrons. The van der Waals surface area contributed by atoms with Crippen molar-refractivity contribution in [2.75, 3.05) is 5.73 Å². The molecule has 6 nitrogen and oxygen atoms in total. The van der Waals surface area contributed by atoms with Crippen molar-refractivity contribution in [3.05, 3.63) is 48.0 Å². The van der Waals surface area contributed by atoms with Crippen molar-refractivity contribution in [3.63, 3.8) is 0 Å². The monoisotopic (exact) mass is 269 g/mol. The Kier molecular flexibility index (Phi) is 2.85. The lowest BCUT2D eigenvalue weighted by molar-refractivity contribution is 0.0706. The molecule has 1 heterocycles. The number of nitrogens with zero attached hydrogens (tertiary/aromatic N) is 1. The van der Waals surface area contributed by atoms with Crippen molar-refractivity contribution in [1.29, 1.82) is 0 Å². The molecular weight excluding hydrogens is 258 g/mol. The maximum Gasteiger partial charge on any atom is 0.274 e.